The molecule has 82 valence electrons. The third-order valence-corrected chi connectivity index (χ3v) is 3.90. The quantitative estimate of drug-likeness (QED) is 0.852. The molecule has 0 saturated heterocycles. The molecule has 4 nitrogen and oxygen atoms in total. The highest BCUT2D eigenvalue weighted by molar-refractivity contribution is 7.09. The van der Waals surface area contributed by atoms with Gasteiger partial charge in [-0.2, -0.15) is 0 Å². The summed E-state index contributed by atoms with van der Waals surface area (Å²) < 4.78 is 5.48. The molecule has 1 aliphatic carbocycles. The third kappa shape index (κ3) is 1.89. The van der Waals surface area contributed by atoms with Crippen molar-refractivity contribution < 1.29 is 14.6 Å². The minimum atomic E-state index is -0.841. The molecule has 0 aromatic carbocycles. The van der Waals surface area contributed by atoms with Crippen LogP contribution in [0, 0.1) is 0 Å². The van der Waals surface area contributed by atoms with Crippen LogP contribution in [0.5, 0.6) is 0 Å². The average molecular weight is 227 g/mol. The lowest BCUT2D eigenvalue weighted by Crippen LogP contribution is -2.35. The van der Waals surface area contributed by atoms with Crippen molar-refractivity contribution in [1.82, 2.24) is 4.98 Å². The van der Waals surface area contributed by atoms with Gasteiger partial charge in [0.25, 0.3) is 0 Å². The smallest absolute Gasteiger partial charge is 0.309 e. The highest BCUT2D eigenvalue weighted by Gasteiger charge is 2.41. The molecule has 1 aliphatic rings. The SMILES string of the molecule is COC1(c2nc(CC(=O)O)cs2)CCC1. The Labute approximate surface area is 91.9 Å². The maximum absolute atomic E-state index is 10.5. The second-order valence-electron chi connectivity index (χ2n) is 3.77. The molecule has 0 bridgehead atoms. The average Bonchev–Trinajstić information content (AvgIpc) is 2.51. The maximum Gasteiger partial charge on any atom is 0.309 e. The zero-order chi connectivity index (χ0) is 10.9. The lowest BCUT2D eigenvalue weighted by Gasteiger charge is -2.38. The lowest BCUT2D eigenvalue weighted by molar-refractivity contribution is -0.136. The van der Waals surface area contributed by atoms with Gasteiger partial charge in [0, 0.05) is 12.5 Å². The molecule has 5 heteroatoms. The second-order valence-corrected chi connectivity index (χ2v) is 4.62. The van der Waals surface area contributed by atoms with E-state index in [0.29, 0.717) is 5.69 Å². The molecule has 1 aromatic rings. The summed E-state index contributed by atoms with van der Waals surface area (Å²) >= 11 is 1.50. The number of rotatable bonds is 4. The number of methoxy groups -OCH3 is 1. The minimum absolute atomic E-state index is 0.00368. The number of aliphatic carboxylic acids is 1. The zero-order valence-corrected chi connectivity index (χ0v) is 9.34. The first-order valence-corrected chi connectivity index (χ1v) is 5.76. The van der Waals surface area contributed by atoms with Gasteiger partial charge in [0.1, 0.15) is 10.6 Å². The molecule has 1 N–H and O–H groups in total. The van der Waals surface area contributed by atoms with Crippen molar-refractivity contribution in [2.45, 2.75) is 31.3 Å². The number of ether oxygens (including phenoxy) is 1. The van der Waals surface area contributed by atoms with Crippen molar-refractivity contribution in [2.24, 2.45) is 0 Å². The van der Waals surface area contributed by atoms with Gasteiger partial charge in [0.2, 0.25) is 0 Å². The van der Waals surface area contributed by atoms with Crippen LogP contribution in [0.4, 0.5) is 0 Å². The number of carboxylic acid groups (broad SMARTS) is 1. The number of nitrogens with zero attached hydrogens (tertiary/aromatic N) is 1. The first-order chi connectivity index (χ1) is 7.16. The normalized spacial score (nSPS) is 18.5. The Bertz CT molecular complexity index is 365. The Kier molecular flexibility index (Phi) is 2.75. The Hall–Kier alpha value is -0.940. The summed E-state index contributed by atoms with van der Waals surface area (Å²) in [6, 6.07) is 0. The number of hydrogen-bond donors (Lipinski definition) is 1. The van der Waals surface area contributed by atoms with Crippen LogP contribution in [-0.4, -0.2) is 23.2 Å². The predicted octanol–water partition coefficient (Wildman–Crippen LogP) is 1.80. The van der Waals surface area contributed by atoms with E-state index in [-0.39, 0.29) is 12.0 Å². The largest absolute Gasteiger partial charge is 0.481 e. The van der Waals surface area contributed by atoms with Gasteiger partial charge in [0.15, 0.2) is 0 Å². The summed E-state index contributed by atoms with van der Waals surface area (Å²) in [5.74, 6) is -0.841. The summed E-state index contributed by atoms with van der Waals surface area (Å²) in [6.07, 6.45) is 3.13. The molecule has 0 spiro atoms. The lowest BCUT2D eigenvalue weighted by atomic mass is 9.80. The molecule has 0 aliphatic heterocycles. The van der Waals surface area contributed by atoms with Crippen LogP contribution in [0.15, 0.2) is 5.38 Å². The van der Waals surface area contributed by atoms with Crippen LogP contribution >= 0.6 is 11.3 Å². The van der Waals surface area contributed by atoms with Gasteiger partial charge in [-0.25, -0.2) is 4.98 Å². The van der Waals surface area contributed by atoms with Gasteiger partial charge in [-0.15, -0.1) is 11.3 Å². The predicted molar refractivity (Wildman–Crippen MR) is 56.0 cm³/mol. The Balaban J connectivity index is 2.15. The highest BCUT2D eigenvalue weighted by Crippen LogP contribution is 2.45. The van der Waals surface area contributed by atoms with Gasteiger partial charge in [-0.3, -0.25) is 4.79 Å². The zero-order valence-electron chi connectivity index (χ0n) is 8.52. The Morgan fingerprint density at radius 3 is 2.93 bits per heavy atom. The van der Waals surface area contributed by atoms with E-state index in [1.807, 2.05) is 5.38 Å². The molecule has 0 atom stereocenters. The van der Waals surface area contributed by atoms with Crippen LogP contribution in [0.3, 0.4) is 0 Å². The highest BCUT2D eigenvalue weighted by atomic mass is 32.1. The molecule has 1 saturated carbocycles. The molecule has 2 rings (SSSR count). The fourth-order valence-electron chi connectivity index (χ4n) is 1.76. The Morgan fingerprint density at radius 2 is 2.47 bits per heavy atom. The van der Waals surface area contributed by atoms with Crippen molar-refractivity contribution in [2.75, 3.05) is 7.11 Å². The topological polar surface area (TPSA) is 59.4 Å². The van der Waals surface area contributed by atoms with Gasteiger partial charge < -0.3 is 9.84 Å². The number of carboxylic acids is 1. The van der Waals surface area contributed by atoms with Gasteiger partial charge in [-0.1, -0.05) is 0 Å². The summed E-state index contributed by atoms with van der Waals surface area (Å²) in [5, 5.41) is 11.4. The molecule has 1 fully saturated rings. The van der Waals surface area contributed by atoms with Crippen LogP contribution in [0.2, 0.25) is 0 Å². The molecule has 0 amide bonds. The van der Waals surface area contributed by atoms with Crippen molar-refractivity contribution in [3.05, 3.63) is 16.1 Å². The van der Waals surface area contributed by atoms with Crippen molar-refractivity contribution in [3.8, 4) is 0 Å². The third-order valence-electron chi connectivity index (χ3n) is 2.83. The molecule has 1 heterocycles. The molecule has 0 radical (unpaired) electrons. The fourth-order valence-corrected chi connectivity index (χ4v) is 2.81. The molecule has 15 heavy (non-hydrogen) atoms. The molecular formula is C10H13NO3S. The summed E-state index contributed by atoms with van der Waals surface area (Å²) in [4.78, 5) is 14.8. The second kappa shape index (κ2) is 3.90. The number of carbonyl (C=O) groups is 1. The van der Waals surface area contributed by atoms with Crippen LogP contribution in [0.25, 0.3) is 0 Å². The van der Waals surface area contributed by atoms with E-state index < -0.39 is 5.97 Å². The molecule has 0 unspecified atom stereocenters. The first-order valence-electron chi connectivity index (χ1n) is 4.88. The van der Waals surface area contributed by atoms with Crippen molar-refractivity contribution >= 4 is 17.3 Å². The van der Waals surface area contributed by atoms with E-state index in [2.05, 4.69) is 4.98 Å². The first kappa shape index (κ1) is 10.6. The summed E-state index contributed by atoms with van der Waals surface area (Å²) in [7, 11) is 1.69. The monoisotopic (exact) mass is 227 g/mol. The summed E-state index contributed by atoms with van der Waals surface area (Å²) in [5.41, 5.74) is 0.410. The van der Waals surface area contributed by atoms with Crippen molar-refractivity contribution in [3.63, 3.8) is 0 Å². The van der Waals surface area contributed by atoms with E-state index in [1.54, 1.807) is 7.11 Å². The van der Waals surface area contributed by atoms with Crippen LogP contribution < -0.4 is 0 Å². The minimum Gasteiger partial charge on any atom is -0.481 e. The molecular weight excluding hydrogens is 214 g/mol. The maximum atomic E-state index is 10.5. The number of aromatic nitrogens is 1. The van der Waals surface area contributed by atoms with Gasteiger partial charge in [0.05, 0.1) is 12.1 Å². The van der Waals surface area contributed by atoms with Crippen LogP contribution in [-0.2, 0) is 21.6 Å². The van der Waals surface area contributed by atoms with E-state index in [4.69, 9.17) is 9.84 Å². The number of hydrogen-bond acceptors (Lipinski definition) is 4. The van der Waals surface area contributed by atoms with E-state index >= 15 is 0 Å². The van der Waals surface area contributed by atoms with Gasteiger partial charge >= 0.3 is 5.97 Å². The fraction of sp³-hybridized carbons (Fsp3) is 0.600. The van der Waals surface area contributed by atoms with Crippen LogP contribution in [0.1, 0.15) is 30.0 Å². The van der Waals surface area contributed by atoms with E-state index in [1.165, 1.54) is 11.3 Å². The van der Waals surface area contributed by atoms with E-state index in [9.17, 15) is 4.79 Å². The Morgan fingerprint density at radius 1 is 1.73 bits per heavy atom. The van der Waals surface area contributed by atoms with Crippen molar-refractivity contribution in [1.29, 1.82) is 0 Å². The van der Waals surface area contributed by atoms with Gasteiger partial charge in [-0.05, 0) is 19.3 Å². The number of thiazole rings is 1. The standard InChI is InChI=1S/C10H13NO3S/c1-14-10(3-2-4-10)9-11-7(6-15-9)5-8(12)13/h6H,2-5H2,1H3,(H,12,13). The summed E-state index contributed by atoms with van der Waals surface area (Å²) in [6.45, 7) is 0. The molecule has 1 aromatic heterocycles. The van der Waals surface area contributed by atoms with E-state index in [0.717, 1.165) is 24.3 Å².